The normalized spacial score (nSPS) is 12.1. The molecule has 1 N–H and O–H groups in total. The van der Waals surface area contributed by atoms with Gasteiger partial charge in [0.15, 0.2) is 0 Å². The van der Waals surface area contributed by atoms with E-state index in [9.17, 15) is 22.5 Å². The molecule has 1 amide bonds. The zero-order chi connectivity index (χ0) is 27.9. The number of hydrogen-bond acceptors (Lipinski definition) is 5. The van der Waals surface area contributed by atoms with Crippen LogP contribution in [0.5, 0.6) is 5.75 Å². The second-order valence-electron chi connectivity index (χ2n) is 8.22. The quantitative estimate of drug-likeness (QED) is 0.170. The van der Waals surface area contributed by atoms with Gasteiger partial charge in [-0.25, -0.2) is 0 Å². The van der Waals surface area contributed by atoms with Gasteiger partial charge in [0.2, 0.25) is 0 Å². The highest BCUT2D eigenvalue weighted by atomic mass is 35.5. The Morgan fingerprint density at radius 2 is 1.63 bits per heavy atom. The topological polar surface area (TPSA) is 73.9 Å². The third kappa shape index (κ3) is 8.10. The summed E-state index contributed by atoms with van der Waals surface area (Å²) < 4.78 is 70.6. The first-order valence-corrected chi connectivity index (χ1v) is 14.3. The van der Waals surface area contributed by atoms with E-state index < -0.39 is 25.2 Å². The minimum absolute atomic E-state index is 0.106. The van der Waals surface area contributed by atoms with Crippen LogP contribution < -0.4 is 10.1 Å². The summed E-state index contributed by atoms with van der Waals surface area (Å²) in [6.07, 6.45) is -4.24. The number of alkyl halides is 3. The summed E-state index contributed by atoms with van der Waals surface area (Å²) in [7, 11) is -3.22. The Balaban J connectivity index is 1.75. The molecule has 206 valence electrons. The average Bonchev–Trinajstić information content (AvgIpc) is 2.83. The molecule has 3 rings (SSSR count). The highest BCUT2D eigenvalue weighted by Gasteiger charge is 2.36. The maximum atomic E-state index is 14.1. The molecule has 0 aliphatic heterocycles. The van der Waals surface area contributed by atoms with Gasteiger partial charge in [-0.3, -0.25) is 9.36 Å². The molecule has 6 nitrogen and oxygen atoms in total. The first-order chi connectivity index (χ1) is 18.0. The van der Waals surface area contributed by atoms with E-state index in [1.54, 1.807) is 26.0 Å². The molecule has 0 heterocycles. The van der Waals surface area contributed by atoms with Crippen LogP contribution >= 0.6 is 30.8 Å². The minimum Gasteiger partial charge on any atom is -0.488 e. The molecule has 0 bridgehead atoms. The molecule has 0 spiro atoms. The summed E-state index contributed by atoms with van der Waals surface area (Å²) in [6, 6.07) is 11.2. The zero-order valence-electron chi connectivity index (χ0n) is 20.7. The van der Waals surface area contributed by atoms with Crippen LogP contribution in [0.1, 0.15) is 41.8 Å². The number of rotatable bonds is 12. The van der Waals surface area contributed by atoms with E-state index >= 15 is 0 Å². The fourth-order valence-corrected chi connectivity index (χ4v) is 6.09. The number of carbonyl (C=O) groups excluding carboxylic acids is 1. The predicted molar refractivity (Wildman–Crippen MR) is 142 cm³/mol. The van der Waals surface area contributed by atoms with Crippen molar-refractivity contribution in [3.63, 3.8) is 0 Å². The zero-order valence-corrected chi connectivity index (χ0v) is 23.1. The highest BCUT2D eigenvalue weighted by molar-refractivity contribution is 7.53. The number of benzene rings is 3. The number of amides is 1. The monoisotopic (exact) mass is 591 g/mol. The van der Waals surface area contributed by atoms with E-state index in [2.05, 4.69) is 5.32 Å². The van der Waals surface area contributed by atoms with Crippen molar-refractivity contribution in [2.24, 2.45) is 0 Å². The van der Waals surface area contributed by atoms with Crippen molar-refractivity contribution in [2.45, 2.75) is 33.1 Å². The SMILES string of the molecule is CCOP(=O)(CCCNC(=O)c1ccc2c(C(F)(F)F)c(OCc3cc(Cl)cc(Cl)c3)ccc2c1)OCC. The second kappa shape index (κ2) is 13.2. The van der Waals surface area contributed by atoms with Gasteiger partial charge in [-0.15, -0.1) is 0 Å². The second-order valence-corrected chi connectivity index (χ2v) is 11.3. The lowest BCUT2D eigenvalue weighted by molar-refractivity contribution is -0.137. The number of carbonyl (C=O) groups is 1. The molecule has 0 aliphatic rings. The van der Waals surface area contributed by atoms with E-state index in [0.29, 0.717) is 22.0 Å². The Labute approximate surface area is 228 Å². The summed E-state index contributed by atoms with van der Waals surface area (Å²) >= 11 is 11.9. The van der Waals surface area contributed by atoms with Gasteiger partial charge >= 0.3 is 13.8 Å². The standard InChI is InChI=1S/C26H27Cl2F3NO5P/c1-3-36-38(34,37-4-2)11-5-10-32-25(33)19-6-8-22-18(14-19)7-9-23(24(22)26(29,30)31)35-16-17-12-20(27)15-21(28)13-17/h6-9,12-15H,3-5,10-11,16H2,1-2H3,(H,32,33). The number of nitrogens with one attached hydrogen (secondary N) is 1. The lowest BCUT2D eigenvalue weighted by Crippen LogP contribution is -2.25. The van der Waals surface area contributed by atoms with Gasteiger partial charge < -0.3 is 19.1 Å². The largest absolute Gasteiger partial charge is 0.488 e. The van der Waals surface area contributed by atoms with Crippen molar-refractivity contribution in [3.8, 4) is 5.75 Å². The Morgan fingerprint density at radius 1 is 0.974 bits per heavy atom. The van der Waals surface area contributed by atoms with E-state index in [1.807, 2.05) is 0 Å². The van der Waals surface area contributed by atoms with E-state index in [0.717, 1.165) is 0 Å². The molecule has 0 radical (unpaired) electrons. The molecule has 12 heteroatoms. The maximum absolute atomic E-state index is 14.1. The molecule has 0 unspecified atom stereocenters. The van der Waals surface area contributed by atoms with Gasteiger partial charge in [0.25, 0.3) is 5.91 Å². The Bertz CT molecular complexity index is 1310. The predicted octanol–water partition coefficient (Wildman–Crippen LogP) is 8.13. The van der Waals surface area contributed by atoms with Crippen LogP contribution in [0.4, 0.5) is 13.2 Å². The van der Waals surface area contributed by atoms with Gasteiger partial charge in [-0.2, -0.15) is 13.2 Å². The minimum atomic E-state index is -4.71. The summed E-state index contributed by atoms with van der Waals surface area (Å²) in [4.78, 5) is 12.6. The Hall–Kier alpha value is -2.29. The van der Waals surface area contributed by atoms with E-state index in [4.69, 9.17) is 37.0 Å². The summed E-state index contributed by atoms with van der Waals surface area (Å²) in [5, 5.41) is 3.48. The van der Waals surface area contributed by atoms with Crippen LogP contribution in [0, 0.1) is 0 Å². The molecule has 0 saturated carbocycles. The maximum Gasteiger partial charge on any atom is 0.420 e. The van der Waals surface area contributed by atoms with Crippen molar-refractivity contribution >= 4 is 47.5 Å². The molecule has 0 aliphatic carbocycles. The third-order valence-electron chi connectivity index (χ3n) is 5.39. The van der Waals surface area contributed by atoms with Crippen molar-refractivity contribution in [1.82, 2.24) is 5.32 Å². The number of halogens is 5. The number of ether oxygens (including phenoxy) is 1. The van der Waals surface area contributed by atoms with Crippen LogP contribution in [0.3, 0.4) is 0 Å². The molecule has 3 aromatic rings. The van der Waals surface area contributed by atoms with Gasteiger partial charge in [-0.1, -0.05) is 35.3 Å². The van der Waals surface area contributed by atoms with Gasteiger partial charge in [0.1, 0.15) is 17.9 Å². The number of hydrogen-bond donors (Lipinski definition) is 1. The Morgan fingerprint density at radius 3 is 2.24 bits per heavy atom. The van der Waals surface area contributed by atoms with Crippen molar-refractivity contribution in [2.75, 3.05) is 25.9 Å². The van der Waals surface area contributed by atoms with Crippen LogP contribution in [0.15, 0.2) is 48.5 Å². The highest BCUT2D eigenvalue weighted by Crippen LogP contribution is 2.48. The molecule has 3 aromatic carbocycles. The fraction of sp³-hybridized carbons (Fsp3) is 0.346. The van der Waals surface area contributed by atoms with Crippen LogP contribution in [-0.2, 0) is 26.4 Å². The number of fused-ring (bicyclic) bond motifs is 1. The summed E-state index contributed by atoms with van der Waals surface area (Å²) in [5.74, 6) is -0.826. The van der Waals surface area contributed by atoms with Crippen LogP contribution in [-0.4, -0.2) is 31.8 Å². The molecule has 0 aromatic heterocycles. The van der Waals surface area contributed by atoms with Crippen molar-refractivity contribution < 1.29 is 36.3 Å². The molecular weight excluding hydrogens is 565 g/mol. The first kappa shape index (κ1) is 30.3. The summed E-state index contributed by atoms with van der Waals surface area (Å²) in [6.45, 7) is 3.91. The molecule has 0 fully saturated rings. The lowest BCUT2D eigenvalue weighted by Gasteiger charge is -2.18. The average molecular weight is 592 g/mol. The smallest absolute Gasteiger partial charge is 0.420 e. The molecular formula is C26H27Cl2F3NO5P. The fourth-order valence-electron chi connectivity index (χ4n) is 3.86. The van der Waals surface area contributed by atoms with E-state index in [1.165, 1.54) is 36.4 Å². The molecule has 0 atom stereocenters. The van der Waals surface area contributed by atoms with Gasteiger partial charge in [0.05, 0.1) is 19.4 Å². The van der Waals surface area contributed by atoms with Gasteiger partial charge in [-0.05, 0) is 73.0 Å². The molecule has 38 heavy (non-hydrogen) atoms. The summed E-state index contributed by atoms with van der Waals surface area (Å²) in [5.41, 5.74) is -0.245. The third-order valence-corrected chi connectivity index (χ3v) is 7.99. The Kier molecular flexibility index (Phi) is 10.5. The van der Waals surface area contributed by atoms with Crippen molar-refractivity contribution in [1.29, 1.82) is 0 Å². The van der Waals surface area contributed by atoms with Crippen molar-refractivity contribution in [3.05, 3.63) is 75.3 Å². The van der Waals surface area contributed by atoms with E-state index in [-0.39, 0.29) is 54.6 Å². The van der Waals surface area contributed by atoms with Crippen LogP contribution in [0.25, 0.3) is 10.8 Å². The first-order valence-electron chi connectivity index (χ1n) is 11.8. The lowest BCUT2D eigenvalue weighted by atomic mass is 10.0. The van der Waals surface area contributed by atoms with Gasteiger partial charge in [0, 0.05) is 22.2 Å². The van der Waals surface area contributed by atoms with Crippen LogP contribution in [0.2, 0.25) is 10.0 Å². The molecule has 0 saturated heterocycles.